The number of hydrogen-bond acceptors (Lipinski definition) is 4. The number of aryl methyl sites for hydroxylation is 1. The summed E-state index contributed by atoms with van der Waals surface area (Å²) in [6.45, 7) is 5.67. The van der Waals surface area contributed by atoms with Gasteiger partial charge in [-0.15, -0.1) is 0 Å². The van der Waals surface area contributed by atoms with Crippen molar-refractivity contribution in [1.29, 1.82) is 0 Å². The Bertz CT molecular complexity index is 540. The molecule has 19 heavy (non-hydrogen) atoms. The van der Waals surface area contributed by atoms with Gasteiger partial charge in [-0.2, -0.15) is 0 Å². The van der Waals surface area contributed by atoms with E-state index >= 15 is 0 Å². The largest absolute Gasteiger partial charge is 0.485 e. The van der Waals surface area contributed by atoms with Crippen LogP contribution in [0.2, 0.25) is 0 Å². The van der Waals surface area contributed by atoms with E-state index in [1.807, 2.05) is 13.0 Å². The summed E-state index contributed by atoms with van der Waals surface area (Å²) >= 11 is 0. The number of aromatic nitrogens is 1. The molecule has 102 valence electrons. The second kappa shape index (κ2) is 6.33. The maximum atomic E-state index is 12.9. The summed E-state index contributed by atoms with van der Waals surface area (Å²) in [5, 5.41) is 7.09. The highest BCUT2D eigenvalue weighted by atomic mass is 19.1. The third kappa shape index (κ3) is 3.79. The highest BCUT2D eigenvalue weighted by Crippen LogP contribution is 2.19. The van der Waals surface area contributed by atoms with Gasteiger partial charge in [-0.25, -0.2) is 4.39 Å². The van der Waals surface area contributed by atoms with Crippen LogP contribution in [0.25, 0.3) is 0 Å². The van der Waals surface area contributed by atoms with Crippen LogP contribution in [0.3, 0.4) is 0 Å². The predicted octanol–water partition coefficient (Wildman–Crippen LogP) is 2.81. The van der Waals surface area contributed by atoms with Gasteiger partial charge >= 0.3 is 0 Å². The highest BCUT2D eigenvalue weighted by molar-refractivity contribution is 5.32. The van der Waals surface area contributed by atoms with E-state index in [0.717, 1.165) is 17.8 Å². The van der Waals surface area contributed by atoms with Crippen molar-refractivity contribution >= 4 is 0 Å². The fourth-order valence-corrected chi connectivity index (χ4v) is 1.68. The molecule has 0 aliphatic carbocycles. The Morgan fingerprint density at radius 3 is 2.95 bits per heavy atom. The molecule has 0 spiro atoms. The standard InChI is InChI=1S/C14H17FN2O2/c1-3-16-8-12-7-13(19-17-12)9-18-14-5-4-11(15)6-10(14)2/h4-7,16H,3,8-9H2,1-2H3. The van der Waals surface area contributed by atoms with Crippen molar-refractivity contribution in [3.63, 3.8) is 0 Å². The molecule has 0 aliphatic rings. The van der Waals surface area contributed by atoms with Crippen LogP contribution in [0, 0.1) is 12.7 Å². The number of hydrogen-bond donors (Lipinski definition) is 1. The van der Waals surface area contributed by atoms with Crippen LogP contribution in [-0.2, 0) is 13.2 Å². The first-order valence-corrected chi connectivity index (χ1v) is 6.23. The minimum Gasteiger partial charge on any atom is -0.485 e. The van der Waals surface area contributed by atoms with Crippen molar-refractivity contribution in [3.05, 3.63) is 47.1 Å². The second-order valence-corrected chi connectivity index (χ2v) is 4.26. The lowest BCUT2D eigenvalue weighted by atomic mass is 10.2. The van der Waals surface area contributed by atoms with Gasteiger partial charge in [0.25, 0.3) is 0 Å². The lowest BCUT2D eigenvalue weighted by molar-refractivity contribution is 0.247. The van der Waals surface area contributed by atoms with Crippen molar-refractivity contribution in [2.24, 2.45) is 0 Å². The SMILES string of the molecule is CCNCc1cc(COc2ccc(F)cc2C)on1. The van der Waals surface area contributed by atoms with Crippen LogP contribution in [-0.4, -0.2) is 11.7 Å². The number of nitrogens with one attached hydrogen (secondary N) is 1. The Kier molecular flexibility index (Phi) is 4.52. The monoisotopic (exact) mass is 264 g/mol. The minimum absolute atomic E-state index is 0.266. The van der Waals surface area contributed by atoms with Crippen LogP contribution >= 0.6 is 0 Å². The van der Waals surface area contributed by atoms with Gasteiger partial charge in [0, 0.05) is 12.6 Å². The lowest BCUT2D eigenvalue weighted by Gasteiger charge is -2.06. The Morgan fingerprint density at radius 2 is 2.21 bits per heavy atom. The highest BCUT2D eigenvalue weighted by Gasteiger charge is 2.06. The van der Waals surface area contributed by atoms with Gasteiger partial charge in [0.15, 0.2) is 5.76 Å². The zero-order valence-electron chi connectivity index (χ0n) is 11.1. The molecule has 0 saturated heterocycles. The first-order valence-electron chi connectivity index (χ1n) is 6.23. The van der Waals surface area contributed by atoms with E-state index in [-0.39, 0.29) is 12.4 Å². The smallest absolute Gasteiger partial charge is 0.174 e. The Labute approximate surface area is 111 Å². The average Bonchev–Trinajstić information content (AvgIpc) is 2.83. The normalized spacial score (nSPS) is 10.7. The van der Waals surface area contributed by atoms with E-state index in [2.05, 4.69) is 10.5 Å². The molecule has 2 rings (SSSR count). The predicted molar refractivity (Wildman–Crippen MR) is 69.4 cm³/mol. The van der Waals surface area contributed by atoms with E-state index in [0.29, 0.717) is 18.1 Å². The molecule has 5 heteroatoms. The van der Waals surface area contributed by atoms with Gasteiger partial charge in [-0.05, 0) is 37.2 Å². The molecule has 4 nitrogen and oxygen atoms in total. The van der Waals surface area contributed by atoms with Gasteiger partial charge < -0.3 is 14.6 Å². The number of benzene rings is 1. The van der Waals surface area contributed by atoms with Crippen molar-refractivity contribution < 1.29 is 13.7 Å². The molecule has 0 atom stereocenters. The van der Waals surface area contributed by atoms with Gasteiger partial charge in [0.1, 0.15) is 18.2 Å². The average molecular weight is 264 g/mol. The molecule has 0 unspecified atom stereocenters. The maximum Gasteiger partial charge on any atom is 0.174 e. The number of halogens is 1. The van der Waals surface area contributed by atoms with Crippen LogP contribution in [0.4, 0.5) is 4.39 Å². The van der Waals surface area contributed by atoms with E-state index in [1.54, 1.807) is 13.0 Å². The first-order chi connectivity index (χ1) is 9.19. The molecular weight excluding hydrogens is 247 g/mol. The van der Waals surface area contributed by atoms with Gasteiger partial charge in [-0.3, -0.25) is 0 Å². The molecule has 0 radical (unpaired) electrons. The molecule has 1 N–H and O–H groups in total. The quantitative estimate of drug-likeness (QED) is 0.871. The molecule has 0 bridgehead atoms. The lowest BCUT2D eigenvalue weighted by Crippen LogP contribution is -2.11. The van der Waals surface area contributed by atoms with Crippen molar-refractivity contribution in [2.75, 3.05) is 6.54 Å². The molecule has 1 aromatic carbocycles. The summed E-state index contributed by atoms with van der Waals surface area (Å²) in [5.74, 6) is 1.03. The van der Waals surface area contributed by atoms with Gasteiger partial charge in [-0.1, -0.05) is 12.1 Å². The van der Waals surface area contributed by atoms with Crippen LogP contribution < -0.4 is 10.1 Å². The molecule has 0 fully saturated rings. The van der Waals surface area contributed by atoms with Crippen LogP contribution in [0.5, 0.6) is 5.75 Å². The molecule has 1 aromatic heterocycles. The zero-order valence-corrected chi connectivity index (χ0v) is 11.1. The van der Waals surface area contributed by atoms with Crippen LogP contribution in [0.1, 0.15) is 23.9 Å². The van der Waals surface area contributed by atoms with Gasteiger partial charge in [0.05, 0.1) is 5.69 Å². The van der Waals surface area contributed by atoms with Crippen molar-refractivity contribution in [2.45, 2.75) is 27.0 Å². The molecular formula is C14H17FN2O2. The minimum atomic E-state index is -0.266. The van der Waals surface area contributed by atoms with E-state index in [4.69, 9.17) is 9.26 Å². The first kappa shape index (κ1) is 13.5. The van der Waals surface area contributed by atoms with Crippen molar-refractivity contribution in [1.82, 2.24) is 10.5 Å². The summed E-state index contributed by atoms with van der Waals surface area (Å²) in [6, 6.07) is 6.27. The van der Waals surface area contributed by atoms with Crippen LogP contribution in [0.15, 0.2) is 28.8 Å². The van der Waals surface area contributed by atoms with E-state index in [9.17, 15) is 4.39 Å². The summed E-state index contributed by atoms with van der Waals surface area (Å²) in [4.78, 5) is 0. The molecule has 1 heterocycles. The topological polar surface area (TPSA) is 47.3 Å². The third-order valence-corrected chi connectivity index (χ3v) is 2.67. The summed E-state index contributed by atoms with van der Waals surface area (Å²) in [7, 11) is 0. The van der Waals surface area contributed by atoms with Crippen molar-refractivity contribution in [3.8, 4) is 5.75 Å². The number of nitrogens with zero attached hydrogens (tertiary/aromatic N) is 1. The van der Waals surface area contributed by atoms with E-state index in [1.165, 1.54) is 12.1 Å². The molecule has 0 aliphatic heterocycles. The molecule has 2 aromatic rings. The summed E-state index contributed by atoms with van der Waals surface area (Å²) in [6.07, 6.45) is 0. The fraction of sp³-hybridized carbons (Fsp3) is 0.357. The number of ether oxygens (including phenoxy) is 1. The van der Waals surface area contributed by atoms with Gasteiger partial charge in [0.2, 0.25) is 0 Å². The van der Waals surface area contributed by atoms with E-state index < -0.39 is 0 Å². The molecule has 0 amide bonds. The maximum absolute atomic E-state index is 12.9. The summed E-state index contributed by atoms with van der Waals surface area (Å²) in [5.41, 5.74) is 1.60. The Morgan fingerprint density at radius 1 is 1.37 bits per heavy atom. The fourth-order valence-electron chi connectivity index (χ4n) is 1.68. The Hall–Kier alpha value is -1.88. The molecule has 0 saturated carbocycles. The zero-order chi connectivity index (χ0) is 13.7. The number of rotatable bonds is 6. The second-order valence-electron chi connectivity index (χ2n) is 4.26. The summed E-state index contributed by atoms with van der Waals surface area (Å²) < 4.78 is 23.7. The third-order valence-electron chi connectivity index (χ3n) is 2.67. The Balaban J connectivity index is 1.92.